The Morgan fingerprint density at radius 3 is 2.71 bits per heavy atom. The molecule has 0 bridgehead atoms. The van der Waals surface area contributed by atoms with Gasteiger partial charge in [0.25, 0.3) is 5.69 Å². The number of nitrogens with one attached hydrogen (secondary N) is 3. The van der Waals surface area contributed by atoms with Crippen molar-refractivity contribution >= 4 is 57.4 Å². The van der Waals surface area contributed by atoms with E-state index >= 15 is 0 Å². The largest absolute Gasteiger partial charge is 0.355 e. The number of nitro groups is 1. The third-order valence-corrected chi connectivity index (χ3v) is 7.20. The summed E-state index contributed by atoms with van der Waals surface area (Å²) < 4.78 is 27.1. The van der Waals surface area contributed by atoms with E-state index in [9.17, 15) is 18.5 Å². The van der Waals surface area contributed by atoms with Crippen LogP contribution >= 0.6 is 35.7 Å². The molecule has 1 aromatic rings. The van der Waals surface area contributed by atoms with Crippen molar-refractivity contribution in [3.05, 3.63) is 34.4 Å². The molecular weight excluding hydrogens is 517 g/mol. The van der Waals surface area contributed by atoms with Crippen molar-refractivity contribution in [1.29, 1.82) is 0 Å². The molecule has 0 spiro atoms. The topological polar surface area (TPSA) is 126 Å². The first kappa shape index (κ1) is 24.9. The Morgan fingerprint density at radius 2 is 2.11 bits per heavy atom. The number of guanidine groups is 1. The summed E-state index contributed by atoms with van der Waals surface area (Å²) in [5.41, 5.74) is -0.265. The molecule has 0 aromatic heterocycles. The van der Waals surface area contributed by atoms with Crippen molar-refractivity contribution in [3.63, 3.8) is 0 Å². The van der Waals surface area contributed by atoms with Gasteiger partial charge in [-0.15, -0.1) is 24.0 Å². The van der Waals surface area contributed by atoms with Gasteiger partial charge in [0.1, 0.15) is 0 Å². The highest BCUT2D eigenvalue weighted by Gasteiger charge is 2.29. The lowest BCUT2D eigenvalue weighted by Crippen LogP contribution is -2.45. The number of rotatable bonds is 8. The summed E-state index contributed by atoms with van der Waals surface area (Å²) in [5.74, 6) is 1.78. The van der Waals surface area contributed by atoms with Crippen LogP contribution in [-0.2, 0) is 10.0 Å². The van der Waals surface area contributed by atoms with Gasteiger partial charge in [0.15, 0.2) is 5.96 Å². The Morgan fingerprint density at radius 1 is 1.36 bits per heavy atom. The molecule has 0 amide bonds. The molecule has 2 rings (SSSR count). The van der Waals surface area contributed by atoms with E-state index in [0.29, 0.717) is 12.5 Å². The van der Waals surface area contributed by atoms with Gasteiger partial charge < -0.3 is 10.6 Å². The Balaban J connectivity index is 0.00000392. The van der Waals surface area contributed by atoms with Gasteiger partial charge in [-0.2, -0.15) is 11.8 Å². The Labute approximate surface area is 186 Å². The Bertz CT molecular complexity index is 798. The average Bonchev–Trinajstić information content (AvgIpc) is 3.08. The zero-order valence-electron chi connectivity index (χ0n) is 15.8. The molecule has 0 saturated carbocycles. The third kappa shape index (κ3) is 7.37. The van der Waals surface area contributed by atoms with E-state index in [1.54, 1.807) is 7.05 Å². The fraction of sp³-hybridized carbons (Fsp3) is 0.562. The van der Waals surface area contributed by atoms with Crippen molar-refractivity contribution < 1.29 is 13.3 Å². The van der Waals surface area contributed by atoms with Crippen molar-refractivity contribution in [3.8, 4) is 0 Å². The van der Waals surface area contributed by atoms with Crippen LogP contribution in [0.15, 0.2) is 34.2 Å². The third-order valence-electron chi connectivity index (χ3n) is 4.20. The van der Waals surface area contributed by atoms with Crippen LogP contribution in [-0.4, -0.2) is 56.5 Å². The number of aliphatic imine (C=N–C) groups is 1. The molecule has 3 N–H and O–H groups in total. The maximum absolute atomic E-state index is 12.3. The molecule has 0 aliphatic carbocycles. The number of nitrogens with zero attached hydrogens (tertiary/aromatic N) is 2. The number of sulfonamides is 1. The van der Waals surface area contributed by atoms with Crippen LogP contribution in [0.3, 0.4) is 0 Å². The van der Waals surface area contributed by atoms with Crippen LogP contribution in [0.2, 0.25) is 0 Å². The number of nitro benzene ring substituents is 1. The van der Waals surface area contributed by atoms with E-state index in [-0.39, 0.29) is 45.9 Å². The summed E-state index contributed by atoms with van der Waals surface area (Å²) >= 11 is 1.94. The standard InChI is InChI=1S/C16H25N5O4S2.HI/c1-16(7-4-10-26-16)12-19-15(17-2)18-8-9-20-27(24,25)14-6-3-5-13(11-14)21(22)23;/h3,5-6,11,20H,4,7-10,12H2,1-2H3,(H2,17,18,19);1H. The van der Waals surface area contributed by atoms with Gasteiger partial charge in [0.05, 0.1) is 9.82 Å². The fourth-order valence-corrected chi connectivity index (χ4v) is 5.00. The highest BCUT2D eigenvalue weighted by Crippen LogP contribution is 2.36. The predicted molar refractivity (Wildman–Crippen MR) is 123 cm³/mol. The van der Waals surface area contributed by atoms with Gasteiger partial charge in [-0.05, 0) is 31.6 Å². The highest BCUT2D eigenvalue weighted by atomic mass is 127. The Hall–Kier alpha value is -1.12. The summed E-state index contributed by atoms with van der Waals surface area (Å²) in [7, 11) is -2.15. The highest BCUT2D eigenvalue weighted by molar-refractivity contribution is 14.0. The van der Waals surface area contributed by atoms with Crippen LogP contribution in [0.25, 0.3) is 0 Å². The lowest BCUT2D eigenvalue weighted by molar-refractivity contribution is -0.385. The first-order chi connectivity index (χ1) is 12.8. The van der Waals surface area contributed by atoms with Gasteiger partial charge in [0.2, 0.25) is 10.0 Å². The summed E-state index contributed by atoms with van der Waals surface area (Å²) in [6, 6.07) is 4.96. The van der Waals surface area contributed by atoms with E-state index in [1.165, 1.54) is 30.4 Å². The normalized spacial score (nSPS) is 19.7. The van der Waals surface area contributed by atoms with Crippen LogP contribution in [0.1, 0.15) is 19.8 Å². The number of benzene rings is 1. The SMILES string of the molecule is CN=C(NCCNS(=O)(=O)c1cccc([N+](=O)[O-])c1)NCC1(C)CCCS1.I. The fourth-order valence-electron chi connectivity index (χ4n) is 2.68. The van der Waals surface area contributed by atoms with Crippen molar-refractivity contribution in [2.75, 3.05) is 32.4 Å². The molecule has 1 aromatic carbocycles. The predicted octanol–water partition coefficient (Wildman–Crippen LogP) is 1.94. The second kappa shape index (κ2) is 11.2. The maximum Gasteiger partial charge on any atom is 0.270 e. The number of hydrogen-bond donors (Lipinski definition) is 3. The minimum Gasteiger partial charge on any atom is -0.355 e. The van der Waals surface area contributed by atoms with Gasteiger partial charge in [0, 0.05) is 43.6 Å². The molecule has 12 heteroatoms. The number of non-ortho nitro benzene ring substituents is 1. The first-order valence-electron chi connectivity index (χ1n) is 8.58. The molecule has 1 aliphatic rings. The van der Waals surface area contributed by atoms with E-state index in [0.717, 1.165) is 19.0 Å². The monoisotopic (exact) mass is 543 g/mol. The molecule has 1 atom stereocenters. The minimum atomic E-state index is -3.81. The summed E-state index contributed by atoms with van der Waals surface area (Å²) in [6.45, 7) is 3.46. The minimum absolute atomic E-state index is 0. The molecule has 1 saturated heterocycles. The lowest BCUT2D eigenvalue weighted by Gasteiger charge is -2.24. The molecular formula is C16H26IN5O4S2. The van der Waals surface area contributed by atoms with Crippen LogP contribution in [0.4, 0.5) is 5.69 Å². The van der Waals surface area contributed by atoms with Crippen molar-refractivity contribution in [1.82, 2.24) is 15.4 Å². The number of halogens is 1. The number of hydrogen-bond acceptors (Lipinski definition) is 6. The summed E-state index contributed by atoms with van der Waals surface area (Å²) in [6.07, 6.45) is 2.37. The van der Waals surface area contributed by atoms with Crippen LogP contribution in [0.5, 0.6) is 0 Å². The molecule has 28 heavy (non-hydrogen) atoms. The van der Waals surface area contributed by atoms with Gasteiger partial charge in [-0.1, -0.05) is 6.07 Å². The van der Waals surface area contributed by atoms with E-state index in [1.807, 2.05) is 11.8 Å². The average molecular weight is 543 g/mol. The molecule has 1 aliphatic heterocycles. The molecule has 158 valence electrons. The quantitative estimate of drug-likeness (QED) is 0.114. The molecule has 9 nitrogen and oxygen atoms in total. The van der Waals surface area contributed by atoms with Crippen LogP contribution < -0.4 is 15.4 Å². The smallest absolute Gasteiger partial charge is 0.270 e. The lowest BCUT2D eigenvalue weighted by atomic mass is 10.1. The van der Waals surface area contributed by atoms with Crippen LogP contribution in [0, 0.1) is 10.1 Å². The zero-order chi connectivity index (χ0) is 19.9. The molecule has 1 unspecified atom stereocenters. The zero-order valence-corrected chi connectivity index (χ0v) is 19.8. The first-order valence-corrected chi connectivity index (χ1v) is 11.1. The van der Waals surface area contributed by atoms with E-state index in [2.05, 4.69) is 27.3 Å². The van der Waals surface area contributed by atoms with Crippen molar-refractivity contribution in [2.45, 2.75) is 29.4 Å². The number of thioether (sulfide) groups is 1. The second-order valence-corrected chi connectivity index (χ2v) is 9.86. The molecule has 1 fully saturated rings. The molecule has 0 radical (unpaired) electrons. The molecule has 1 heterocycles. The van der Waals surface area contributed by atoms with Gasteiger partial charge in [-0.3, -0.25) is 15.1 Å². The maximum atomic E-state index is 12.3. The Kier molecular flexibility index (Phi) is 9.94. The summed E-state index contributed by atoms with van der Waals surface area (Å²) in [4.78, 5) is 14.2. The summed E-state index contributed by atoms with van der Waals surface area (Å²) in [5, 5.41) is 17.1. The van der Waals surface area contributed by atoms with Gasteiger partial charge >= 0.3 is 0 Å². The van der Waals surface area contributed by atoms with Crippen molar-refractivity contribution in [2.24, 2.45) is 4.99 Å². The van der Waals surface area contributed by atoms with E-state index in [4.69, 9.17) is 0 Å². The van der Waals surface area contributed by atoms with Gasteiger partial charge in [-0.25, -0.2) is 13.1 Å². The second-order valence-electron chi connectivity index (χ2n) is 6.41. The van der Waals surface area contributed by atoms with E-state index < -0.39 is 14.9 Å².